The molecule has 0 radical (unpaired) electrons. The first-order valence-electron chi connectivity index (χ1n) is 9.48. The molecule has 4 rings (SSSR count). The molecule has 1 aromatic carbocycles. The summed E-state index contributed by atoms with van der Waals surface area (Å²) in [6.45, 7) is -1.00. The maximum absolute atomic E-state index is 12.2. The third kappa shape index (κ3) is 4.94. The van der Waals surface area contributed by atoms with Crippen molar-refractivity contribution in [1.29, 1.82) is 0 Å². The second-order valence-electron chi connectivity index (χ2n) is 7.07. The minimum Gasteiger partial charge on any atom is -0.343 e. The molecule has 4 N–H and O–H groups in total. The summed E-state index contributed by atoms with van der Waals surface area (Å²) in [5, 5.41) is 10.1. The van der Waals surface area contributed by atoms with Gasteiger partial charge >= 0.3 is 12.2 Å². The van der Waals surface area contributed by atoms with Crippen molar-refractivity contribution in [3.05, 3.63) is 54.4 Å². The van der Waals surface area contributed by atoms with Gasteiger partial charge in [-0.2, -0.15) is 13.2 Å². The number of nitrogens with zero attached hydrogens (tertiary/aromatic N) is 2. The lowest BCUT2D eigenvalue weighted by atomic mass is 10.0. The van der Waals surface area contributed by atoms with Crippen LogP contribution in [0.2, 0.25) is 0 Å². The number of amides is 3. The standard InChI is InChI=1S/C20H19F3N6O2/c21-20(22,23)10-25-19(31)28-14-3-1-2-13(6-14)16-9-24-17-7-12(4-5-29(16)17)15-8-18(30)27-11-26-15/h1-7,9,15,26H,8,10-11H2,(H,27,30)(H2,25,28,31). The highest BCUT2D eigenvalue weighted by atomic mass is 19.4. The maximum atomic E-state index is 12.2. The summed E-state index contributed by atoms with van der Waals surface area (Å²) in [5.74, 6) is -0.0174. The fourth-order valence-electron chi connectivity index (χ4n) is 3.38. The number of hydrogen-bond donors (Lipinski definition) is 4. The minimum atomic E-state index is -4.48. The molecule has 0 aliphatic carbocycles. The van der Waals surface area contributed by atoms with Crippen LogP contribution in [0.3, 0.4) is 0 Å². The molecule has 31 heavy (non-hydrogen) atoms. The molecule has 1 fully saturated rings. The third-order valence-corrected chi connectivity index (χ3v) is 4.83. The molecule has 2 aromatic heterocycles. The van der Waals surface area contributed by atoms with Crippen LogP contribution >= 0.6 is 0 Å². The van der Waals surface area contributed by atoms with Gasteiger partial charge in [0.15, 0.2) is 0 Å². The summed E-state index contributed by atoms with van der Waals surface area (Å²) in [7, 11) is 0. The van der Waals surface area contributed by atoms with Gasteiger partial charge in [-0.3, -0.25) is 14.5 Å². The van der Waals surface area contributed by atoms with Crippen molar-refractivity contribution < 1.29 is 22.8 Å². The fourth-order valence-corrected chi connectivity index (χ4v) is 3.38. The van der Waals surface area contributed by atoms with Crippen molar-refractivity contribution in [2.24, 2.45) is 0 Å². The van der Waals surface area contributed by atoms with Crippen LogP contribution in [-0.2, 0) is 4.79 Å². The van der Waals surface area contributed by atoms with E-state index in [9.17, 15) is 22.8 Å². The number of aromatic nitrogens is 2. The Bertz CT molecular complexity index is 1130. The first-order chi connectivity index (χ1) is 14.8. The van der Waals surface area contributed by atoms with Gasteiger partial charge in [0.2, 0.25) is 5.91 Å². The van der Waals surface area contributed by atoms with E-state index < -0.39 is 18.8 Å². The lowest BCUT2D eigenvalue weighted by Gasteiger charge is -2.24. The average molecular weight is 432 g/mol. The summed E-state index contributed by atoms with van der Waals surface area (Å²) >= 11 is 0. The van der Waals surface area contributed by atoms with Crippen molar-refractivity contribution >= 4 is 23.3 Å². The van der Waals surface area contributed by atoms with Gasteiger partial charge in [0.1, 0.15) is 12.2 Å². The molecule has 1 atom stereocenters. The van der Waals surface area contributed by atoms with Gasteiger partial charge < -0.3 is 16.0 Å². The molecule has 0 spiro atoms. The van der Waals surface area contributed by atoms with Crippen LogP contribution in [0.1, 0.15) is 18.0 Å². The molecule has 1 aliphatic rings. The lowest BCUT2D eigenvalue weighted by Crippen LogP contribution is -2.43. The predicted octanol–water partition coefficient (Wildman–Crippen LogP) is 2.79. The first-order valence-corrected chi connectivity index (χ1v) is 9.48. The van der Waals surface area contributed by atoms with E-state index in [1.807, 2.05) is 28.8 Å². The molecule has 11 heteroatoms. The van der Waals surface area contributed by atoms with Gasteiger partial charge in [0.25, 0.3) is 0 Å². The molecular weight excluding hydrogens is 413 g/mol. The van der Waals surface area contributed by atoms with Gasteiger partial charge in [-0.1, -0.05) is 12.1 Å². The van der Waals surface area contributed by atoms with E-state index in [0.29, 0.717) is 24.4 Å². The molecule has 1 saturated heterocycles. The van der Waals surface area contributed by atoms with E-state index in [1.165, 1.54) is 0 Å². The third-order valence-electron chi connectivity index (χ3n) is 4.83. The maximum Gasteiger partial charge on any atom is 0.405 e. The predicted molar refractivity (Wildman–Crippen MR) is 107 cm³/mol. The van der Waals surface area contributed by atoms with E-state index in [-0.39, 0.29) is 11.9 Å². The van der Waals surface area contributed by atoms with Crippen LogP contribution in [0.25, 0.3) is 16.9 Å². The number of imidazole rings is 1. The number of rotatable bonds is 4. The van der Waals surface area contributed by atoms with Crippen molar-refractivity contribution in [3.8, 4) is 11.3 Å². The van der Waals surface area contributed by atoms with Crippen LogP contribution < -0.4 is 21.3 Å². The fraction of sp³-hybridized carbons (Fsp3) is 0.250. The second-order valence-corrected chi connectivity index (χ2v) is 7.07. The molecule has 3 heterocycles. The quantitative estimate of drug-likeness (QED) is 0.510. The smallest absolute Gasteiger partial charge is 0.343 e. The largest absolute Gasteiger partial charge is 0.405 e. The number of nitrogens with one attached hydrogen (secondary N) is 4. The number of urea groups is 1. The number of hydrogen-bond acceptors (Lipinski definition) is 4. The normalized spacial score (nSPS) is 16.7. The molecule has 3 aromatic rings. The Morgan fingerprint density at radius 1 is 1.26 bits per heavy atom. The number of carbonyl (C=O) groups excluding carboxylic acids is 2. The number of alkyl halides is 3. The summed E-state index contributed by atoms with van der Waals surface area (Å²) in [6, 6.07) is 9.49. The Kier molecular flexibility index (Phi) is 5.51. The highest BCUT2D eigenvalue weighted by molar-refractivity contribution is 5.90. The van der Waals surface area contributed by atoms with Gasteiger partial charge in [-0.15, -0.1) is 0 Å². The van der Waals surface area contributed by atoms with Crippen molar-refractivity contribution in [1.82, 2.24) is 25.3 Å². The van der Waals surface area contributed by atoms with Crippen LogP contribution in [-0.4, -0.2) is 40.7 Å². The number of pyridine rings is 1. The van der Waals surface area contributed by atoms with Gasteiger partial charge in [0, 0.05) is 29.9 Å². The zero-order valence-corrected chi connectivity index (χ0v) is 16.2. The number of benzene rings is 1. The topological polar surface area (TPSA) is 99.6 Å². The monoisotopic (exact) mass is 432 g/mol. The minimum absolute atomic E-state index is 0.0174. The number of anilines is 1. The molecule has 0 saturated carbocycles. The molecule has 162 valence electrons. The Labute approximate surface area is 174 Å². The average Bonchev–Trinajstić information content (AvgIpc) is 3.15. The SMILES string of the molecule is O=C1CC(c2ccn3c(-c4cccc(NC(=O)NCC(F)(F)F)c4)cnc3c2)NCN1. The van der Waals surface area contributed by atoms with Crippen molar-refractivity contribution in [3.63, 3.8) is 0 Å². The summed E-state index contributed by atoms with van der Waals surface area (Å²) in [6.07, 6.45) is -0.625. The van der Waals surface area contributed by atoms with E-state index >= 15 is 0 Å². The molecule has 0 bridgehead atoms. The van der Waals surface area contributed by atoms with E-state index in [1.54, 1.807) is 29.7 Å². The molecule has 1 aliphatic heterocycles. The van der Waals surface area contributed by atoms with Gasteiger partial charge in [0.05, 0.1) is 18.6 Å². The highest BCUT2D eigenvalue weighted by Crippen LogP contribution is 2.26. The van der Waals surface area contributed by atoms with Gasteiger partial charge in [-0.05, 0) is 29.8 Å². The Morgan fingerprint density at radius 2 is 2.10 bits per heavy atom. The van der Waals surface area contributed by atoms with Gasteiger partial charge in [-0.25, -0.2) is 9.78 Å². The molecule has 1 unspecified atom stereocenters. The zero-order chi connectivity index (χ0) is 22.0. The van der Waals surface area contributed by atoms with Crippen LogP contribution in [0.5, 0.6) is 0 Å². The number of carbonyl (C=O) groups is 2. The summed E-state index contributed by atoms with van der Waals surface area (Å²) in [4.78, 5) is 27.8. The van der Waals surface area contributed by atoms with Crippen LogP contribution in [0.15, 0.2) is 48.8 Å². The summed E-state index contributed by atoms with van der Waals surface area (Å²) < 4.78 is 38.6. The summed E-state index contributed by atoms with van der Waals surface area (Å²) in [5.41, 5.74) is 3.44. The Morgan fingerprint density at radius 3 is 2.87 bits per heavy atom. The molecule has 3 amide bonds. The van der Waals surface area contributed by atoms with Crippen molar-refractivity contribution in [2.75, 3.05) is 18.5 Å². The van der Waals surface area contributed by atoms with Crippen LogP contribution in [0.4, 0.5) is 23.7 Å². The van der Waals surface area contributed by atoms with E-state index in [4.69, 9.17) is 0 Å². The lowest BCUT2D eigenvalue weighted by molar-refractivity contribution is -0.123. The second kappa shape index (κ2) is 8.26. The molecular formula is C20H19F3N6O2. The number of fused-ring (bicyclic) bond motifs is 1. The Balaban J connectivity index is 1.53. The van der Waals surface area contributed by atoms with E-state index in [0.717, 1.165) is 16.8 Å². The zero-order valence-electron chi connectivity index (χ0n) is 16.2. The number of halogens is 3. The first kappa shape index (κ1) is 20.7. The Hall–Kier alpha value is -3.60. The van der Waals surface area contributed by atoms with E-state index in [2.05, 4.69) is 20.9 Å². The van der Waals surface area contributed by atoms with Crippen LogP contribution in [0, 0.1) is 0 Å². The van der Waals surface area contributed by atoms with Crippen molar-refractivity contribution in [2.45, 2.75) is 18.6 Å². The molecule has 8 nitrogen and oxygen atoms in total. The highest BCUT2D eigenvalue weighted by Gasteiger charge is 2.27.